The van der Waals surface area contributed by atoms with Crippen molar-refractivity contribution in [2.75, 3.05) is 28.4 Å². The molecule has 1 aliphatic carbocycles. The lowest BCUT2D eigenvalue weighted by Gasteiger charge is -2.23. The Hall–Kier alpha value is -3.61. The van der Waals surface area contributed by atoms with Crippen molar-refractivity contribution in [3.63, 3.8) is 0 Å². The lowest BCUT2D eigenvalue weighted by Crippen LogP contribution is -2.42. The summed E-state index contributed by atoms with van der Waals surface area (Å²) in [5.74, 6) is 0.302. The van der Waals surface area contributed by atoms with Crippen LogP contribution in [0.1, 0.15) is 43.2 Å². The van der Waals surface area contributed by atoms with Crippen molar-refractivity contribution < 1.29 is 32.9 Å². The molecular formula is C29H33FO6. The van der Waals surface area contributed by atoms with Gasteiger partial charge in [0.25, 0.3) is 0 Å². The first kappa shape index (κ1) is 27.0. The van der Waals surface area contributed by atoms with Crippen LogP contribution < -0.4 is 18.9 Å². The fourth-order valence-corrected chi connectivity index (χ4v) is 4.46. The molecule has 0 atom stereocenters. The van der Waals surface area contributed by atoms with Crippen LogP contribution in [0.3, 0.4) is 0 Å². The molecule has 0 bridgehead atoms. The van der Waals surface area contributed by atoms with E-state index in [0.29, 0.717) is 34.1 Å². The zero-order valence-corrected chi connectivity index (χ0v) is 21.2. The summed E-state index contributed by atoms with van der Waals surface area (Å²) in [6.45, 7) is 0. The van der Waals surface area contributed by atoms with Crippen LogP contribution >= 0.6 is 0 Å². The van der Waals surface area contributed by atoms with Gasteiger partial charge in [0.2, 0.25) is 17.2 Å². The fraction of sp³-hybridized carbons (Fsp3) is 0.379. The van der Waals surface area contributed by atoms with E-state index in [0.717, 1.165) is 37.8 Å². The summed E-state index contributed by atoms with van der Waals surface area (Å²) in [7, 11) is 6.07. The molecule has 6 nitrogen and oxygen atoms in total. The molecule has 0 heterocycles. The monoisotopic (exact) mass is 496 g/mol. The second-order valence-corrected chi connectivity index (χ2v) is 8.78. The Morgan fingerprint density at radius 1 is 0.778 bits per heavy atom. The highest BCUT2D eigenvalue weighted by Crippen LogP contribution is 2.36. The molecule has 1 aliphatic rings. The highest BCUT2D eigenvalue weighted by molar-refractivity contribution is 6.20. The van der Waals surface area contributed by atoms with Crippen molar-refractivity contribution in [3.8, 4) is 23.0 Å². The first-order valence-corrected chi connectivity index (χ1v) is 11.9. The minimum Gasteiger partial charge on any atom is -0.493 e. The molecule has 0 saturated heterocycles. The summed E-state index contributed by atoms with van der Waals surface area (Å²) >= 11 is 0. The van der Waals surface area contributed by atoms with Crippen LogP contribution in [0.2, 0.25) is 0 Å². The van der Waals surface area contributed by atoms with Crippen LogP contribution in [-0.2, 0) is 9.59 Å². The smallest absolute Gasteiger partial charge is 0.234 e. The lowest BCUT2D eigenvalue weighted by molar-refractivity contribution is -0.138. The molecule has 0 aliphatic heterocycles. The second kappa shape index (κ2) is 12.4. The van der Waals surface area contributed by atoms with Crippen molar-refractivity contribution in [2.45, 2.75) is 37.8 Å². The van der Waals surface area contributed by atoms with E-state index in [2.05, 4.69) is 0 Å². The summed E-state index contributed by atoms with van der Waals surface area (Å²) < 4.78 is 37.3. The van der Waals surface area contributed by atoms with Gasteiger partial charge in [-0.15, -0.1) is 0 Å². The van der Waals surface area contributed by atoms with Crippen molar-refractivity contribution in [2.24, 2.45) is 5.92 Å². The molecular weight excluding hydrogens is 463 g/mol. The molecule has 0 radical (unpaired) electrons. The molecule has 192 valence electrons. The van der Waals surface area contributed by atoms with Gasteiger partial charge < -0.3 is 18.9 Å². The molecule has 0 N–H and O–H groups in total. The van der Waals surface area contributed by atoms with E-state index in [9.17, 15) is 9.59 Å². The molecule has 3 rings (SSSR count). The van der Waals surface area contributed by atoms with Gasteiger partial charge in [-0.1, -0.05) is 50.0 Å². The van der Waals surface area contributed by atoms with Gasteiger partial charge in [0.1, 0.15) is 0 Å². The number of ketones is 2. The summed E-state index contributed by atoms with van der Waals surface area (Å²) in [6, 6.07) is 10.2. The Morgan fingerprint density at radius 3 is 1.58 bits per heavy atom. The minimum atomic E-state index is -2.64. The van der Waals surface area contributed by atoms with Crippen LogP contribution in [-0.4, -0.2) is 45.7 Å². The molecule has 2 aromatic rings. The third-order valence-corrected chi connectivity index (χ3v) is 6.50. The second-order valence-electron chi connectivity index (χ2n) is 8.78. The third-order valence-electron chi connectivity index (χ3n) is 6.50. The molecule has 2 aromatic carbocycles. The minimum absolute atomic E-state index is 0.00754. The van der Waals surface area contributed by atoms with Crippen LogP contribution in [0.5, 0.6) is 23.0 Å². The topological polar surface area (TPSA) is 71.1 Å². The van der Waals surface area contributed by atoms with Crippen molar-refractivity contribution in [3.05, 3.63) is 59.7 Å². The normalized spacial score (nSPS) is 14.4. The maximum absolute atomic E-state index is 16.3. The number of carbonyl (C=O) groups is 2. The first-order chi connectivity index (χ1) is 17.3. The number of halogens is 1. The van der Waals surface area contributed by atoms with Crippen molar-refractivity contribution in [1.82, 2.24) is 0 Å². The van der Waals surface area contributed by atoms with Gasteiger partial charge in [0.15, 0.2) is 23.0 Å². The van der Waals surface area contributed by atoms with E-state index in [1.807, 2.05) is 0 Å². The number of hydrogen-bond acceptors (Lipinski definition) is 6. The summed E-state index contributed by atoms with van der Waals surface area (Å²) in [5, 5.41) is 0. The molecule has 0 amide bonds. The van der Waals surface area contributed by atoms with E-state index in [1.54, 1.807) is 36.4 Å². The zero-order valence-electron chi connectivity index (χ0n) is 21.2. The largest absolute Gasteiger partial charge is 0.493 e. The number of alkyl halides is 1. The van der Waals surface area contributed by atoms with Crippen LogP contribution in [0, 0.1) is 5.92 Å². The number of hydrogen-bond donors (Lipinski definition) is 0. The lowest BCUT2D eigenvalue weighted by atomic mass is 9.83. The highest BCUT2D eigenvalue weighted by atomic mass is 19.1. The zero-order chi connectivity index (χ0) is 26.1. The van der Waals surface area contributed by atoms with Crippen LogP contribution in [0.25, 0.3) is 12.2 Å². The Morgan fingerprint density at radius 2 is 1.19 bits per heavy atom. The van der Waals surface area contributed by atoms with E-state index >= 15 is 4.39 Å². The van der Waals surface area contributed by atoms with Gasteiger partial charge in [-0.05, 0) is 59.9 Å². The molecule has 1 fully saturated rings. The Balaban J connectivity index is 1.85. The number of methoxy groups -OCH3 is 4. The number of ether oxygens (including phenoxy) is 4. The predicted octanol–water partition coefficient (Wildman–Crippen LogP) is 5.87. The van der Waals surface area contributed by atoms with Crippen LogP contribution in [0.15, 0.2) is 48.6 Å². The SMILES string of the molecule is COc1ccc(/C=C/C(=O)C(F)(CC2CCCC2)C(=O)/C=C/c2ccc(OC)c(OC)c2)cc1OC. The maximum atomic E-state index is 16.3. The molecule has 1 saturated carbocycles. The average Bonchev–Trinajstić information content (AvgIpc) is 3.42. The van der Waals surface area contributed by atoms with Gasteiger partial charge >= 0.3 is 0 Å². The number of allylic oxidation sites excluding steroid dienone is 2. The van der Waals surface area contributed by atoms with Gasteiger partial charge in [-0.3, -0.25) is 9.59 Å². The molecule has 7 heteroatoms. The average molecular weight is 497 g/mol. The molecule has 0 spiro atoms. The van der Waals surface area contributed by atoms with Crippen molar-refractivity contribution in [1.29, 1.82) is 0 Å². The Bertz CT molecular complexity index is 1050. The Labute approximate surface area is 211 Å². The summed E-state index contributed by atoms with van der Waals surface area (Å²) in [5.41, 5.74) is -1.40. The summed E-state index contributed by atoms with van der Waals surface area (Å²) in [6.07, 6.45) is 8.69. The molecule has 0 unspecified atom stereocenters. The van der Waals surface area contributed by atoms with Gasteiger partial charge in [-0.2, -0.15) is 0 Å². The van der Waals surface area contributed by atoms with Gasteiger partial charge in [-0.25, -0.2) is 4.39 Å². The Kier molecular flexibility index (Phi) is 9.28. The fourth-order valence-electron chi connectivity index (χ4n) is 4.46. The third kappa shape index (κ3) is 6.33. The predicted molar refractivity (Wildman–Crippen MR) is 138 cm³/mol. The first-order valence-electron chi connectivity index (χ1n) is 11.9. The van der Waals surface area contributed by atoms with Crippen LogP contribution in [0.4, 0.5) is 4.39 Å². The quantitative estimate of drug-likeness (QED) is 0.270. The highest BCUT2D eigenvalue weighted by Gasteiger charge is 2.45. The molecule has 36 heavy (non-hydrogen) atoms. The number of carbonyl (C=O) groups excluding carboxylic acids is 2. The molecule has 0 aromatic heterocycles. The standard InChI is InChI=1S/C29H33FO6/c1-33-23-13-9-20(17-25(23)35-3)11-15-27(31)29(30,19-22-7-5-6-8-22)28(32)16-12-21-10-14-24(34-2)26(18-21)36-4/h9-18,22H,5-8,19H2,1-4H3/b15-11+,16-12+. The van der Waals surface area contributed by atoms with E-state index < -0.39 is 17.2 Å². The number of rotatable bonds is 12. The summed E-state index contributed by atoms with van der Waals surface area (Å²) in [4.78, 5) is 26.3. The van der Waals surface area contributed by atoms with Gasteiger partial charge in [0.05, 0.1) is 28.4 Å². The number of benzene rings is 2. The van der Waals surface area contributed by atoms with E-state index in [1.165, 1.54) is 40.6 Å². The van der Waals surface area contributed by atoms with Gasteiger partial charge in [0, 0.05) is 0 Å². The maximum Gasteiger partial charge on any atom is 0.234 e. The van der Waals surface area contributed by atoms with E-state index in [4.69, 9.17) is 18.9 Å². The van der Waals surface area contributed by atoms with E-state index in [-0.39, 0.29) is 12.3 Å². The van der Waals surface area contributed by atoms with Crippen molar-refractivity contribution >= 4 is 23.7 Å².